The predicted molar refractivity (Wildman–Crippen MR) is 117 cm³/mol. The van der Waals surface area contributed by atoms with Crippen molar-refractivity contribution < 1.29 is 0 Å². The van der Waals surface area contributed by atoms with Crippen molar-refractivity contribution >= 4 is 11.4 Å². The highest BCUT2D eigenvalue weighted by molar-refractivity contribution is 5.71. The molecule has 3 aromatic rings. The average Bonchev–Trinajstić information content (AvgIpc) is 3.12. The molecule has 1 saturated heterocycles. The summed E-state index contributed by atoms with van der Waals surface area (Å²) >= 11 is 0. The van der Waals surface area contributed by atoms with Crippen LogP contribution in [-0.4, -0.2) is 24.5 Å². The number of anilines is 2. The van der Waals surface area contributed by atoms with Crippen LogP contribution >= 0.6 is 0 Å². The summed E-state index contributed by atoms with van der Waals surface area (Å²) in [6.45, 7) is 4.58. The molecule has 1 atom stereocenters. The Hall–Kier alpha value is -2.58. The van der Waals surface area contributed by atoms with Gasteiger partial charge in [-0.2, -0.15) is 0 Å². The fourth-order valence-corrected chi connectivity index (χ4v) is 4.87. The maximum Gasteiger partial charge on any atom is 0.0443 e. The van der Waals surface area contributed by atoms with E-state index in [0.29, 0.717) is 5.92 Å². The van der Waals surface area contributed by atoms with Crippen LogP contribution in [0, 0.1) is 5.92 Å². The lowest BCUT2D eigenvalue weighted by Gasteiger charge is -2.29. The maximum absolute atomic E-state index is 2.62. The van der Waals surface area contributed by atoms with Gasteiger partial charge < -0.3 is 4.90 Å². The van der Waals surface area contributed by atoms with Crippen LogP contribution in [0.5, 0.6) is 0 Å². The molecule has 5 rings (SSSR count). The number of fused-ring (bicyclic) bond motifs is 2. The van der Waals surface area contributed by atoms with Gasteiger partial charge in [-0.3, -0.25) is 4.90 Å². The number of aryl methyl sites for hydroxylation is 2. The van der Waals surface area contributed by atoms with Gasteiger partial charge in [-0.1, -0.05) is 66.7 Å². The number of hydrogen-bond acceptors (Lipinski definition) is 2. The monoisotopic (exact) mass is 368 g/mol. The Bertz CT molecular complexity index is 886. The van der Waals surface area contributed by atoms with Gasteiger partial charge in [0, 0.05) is 31.0 Å². The first-order valence-corrected chi connectivity index (χ1v) is 10.6. The minimum Gasteiger partial charge on any atom is -0.341 e. The van der Waals surface area contributed by atoms with E-state index >= 15 is 0 Å². The Labute approximate surface area is 168 Å². The molecule has 0 amide bonds. The molecule has 0 bridgehead atoms. The molecule has 0 spiro atoms. The standard InChI is InChI=1S/C26H28N2/c1-2-8-21(9-3-1)18-27-17-16-22(19-27)20-28-25-12-6-4-10-23(25)14-15-24-11-5-7-13-26(24)28/h1-13,22H,14-20H2. The molecule has 1 unspecified atom stereocenters. The van der Waals surface area contributed by atoms with Crippen LogP contribution in [0.3, 0.4) is 0 Å². The smallest absolute Gasteiger partial charge is 0.0443 e. The fourth-order valence-electron chi connectivity index (χ4n) is 4.87. The maximum atomic E-state index is 2.62. The summed E-state index contributed by atoms with van der Waals surface area (Å²) in [7, 11) is 0. The van der Waals surface area contributed by atoms with Crippen molar-refractivity contribution in [3.63, 3.8) is 0 Å². The number of benzene rings is 3. The Kier molecular flexibility index (Phi) is 4.88. The van der Waals surface area contributed by atoms with E-state index in [9.17, 15) is 0 Å². The first-order valence-electron chi connectivity index (χ1n) is 10.6. The Morgan fingerprint density at radius 3 is 2.00 bits per heavy atom. The van der Waals surface area contributed by atoms with Crippen LogP contribution in [-0.2, 0) is 19.4 Å². The second-order valence-electron chi connectivity index (χ2n) is 8.24. The SMILES string of the molecule is c1ccc(CN2CCC(CN3c4ccccc4CCc4ccccc43)C2)cc1. The molecule has 2 heteroatoms. The lowest BCUT2D eigenvalue weighted by atomic mass is 10.0. The third-order valence-corrected chi connectivity index (χ3v) is 6.29. The van der Waals surface area contributed by atoms with E-state index in [4.69, 9.17) is 0 Å². The van der Waals surface area contributed by atoms with Crippen LogP contribution in [0.15, 0.2) is 78.9 Å². The zero-order valence-electron chi connectivity index (χ0n) is 16.4. The van der Waals surface area contributed by atoms with E-state index in [1.165, 1.54) is 47.6 Å². The summed E-state index contributed by atoms with van der Waals surface area (Å²) in [5.74, 6) is 0.711. The van der Waals surface area contributed by atoms with E-state index in [1.807, 2.05) is 0 Å². The van der Waals surface area contributed by atoms with Crippen molar-refractivity contribution in [3.05, 3.63) is 95.6 Å². The minimum absolute atomic E-state index is 0.711. The molecule has 2 aliphatic rings. The molecular formula is C26H28N2. The zero-order chi connectivity index (χ0) is 18.8. The molecule has 28 heavy (non-hydrogen) atoms. The van der Waals surface area contributed by atoms with E-state index < -0.39 is 0 Å². The molecular weight excluding hydrogens is 340 g/mol. The second kappa shape index (κ2) is 7.81. The Morgan fingerprint density at radius 1 is 0.714 bits per heavy atom. The molecule has 2 nitrogen and oxygen atoms in total. The number of para-hydroxylation sites is 2. The molecule has 0 aliphatic carbocycles. The Balaban J connectivity index is 1.36. The quantitative estimate of drug-likeness (QED) is 0.604. The highest BCUT2D eigenvalue weighted by Gasteiger charge is 2.27. The first-order chi connectivity index (χ1) is 13.9. The van der Waals surface area contributed by atoms with Crippen molar-refractivity contribution in [2.24, 2.45) is 5.92 Å². The van der Waals surface area contributed by atoms with Gasteiger partial charge in [0.2, 0.25) is 0 Å². The third-order valence-electron chi connectivity index (χ3n) is 6.29. The number of likely N-dealkylation sites (tertiary alicyclic amines) is 1. The van der Waals surface area contributed by atoms with E-state index in [2.05, 4.69) is 88.7 Å². The van der Waals surface area contributed by atoms with Crippen molar-refractivity contribution in [3.8, 4) is 0 Å². The zero-order valence-corrected chi connectivity index (χ0v) is 16.4. The van der Waals surface area contributed by atoms with Crippen LogP contribution < -0.4 is 4.90 Å². The highest BCUT2D eigenvalue weighted by atomic mass is 15.2. The van der Waals surface area contributed by atoms with Crippen molar-refractivity contribution in [1.82, 2.24) is 4.90 Å². The van der Waals surface area contributed by atoms with Crippen LogP contribution in [0.2, 0.25) is 0 Å². The number of rotatable bonds is 4. The molecule has 3 aromatic carbocycles. The Morgan fingerprint density at radius 2 is 1.32 bits per heavy atom. The molecule has 142 valence electrons. The average molecular weight is 369 g/mol. The molecule has 0 radical (unpaired) electrons. The van der Waals surface area contributed by atoms with E-state index in [-0.39, 0.29) is 0 Å². The lowest BCUT2D eigenvalue weighted by Crippen LogP contribution is -2.28. The van der Waals surface area contributed by atoms with Gasteiger partial charge in [-0.05, 0) is 60.5 Å². The van der Waals surface area contributed by atoms with Gasteiger partial charge >= 0.3 is 0 Å². The first kappa shape index (κ1) is 17.5. The summed E-state index contributed by atoms with van der Waals surface area (Å²) in [5, 5.41) is 0. The van der Waals surface area contributed by atoms with Crippen molar-refractivity contribution in [1.29, 1.82) is 0 Å². The van der Waals surface area contributed by atoms with Gasteiger partial charge in [0.05, 0.1) is 0 Å². The molecule has 0 saturated carbocycles. The van der Waals surface area contributed by atoms with Gasteiger partial charge in [0.15, 0.2) is 0 Å². The molecule has 0 N–H and O–H groups in total. The fraction of sp³-hybridized carbons (Fsp3) is 0.308. The normalized spacial score (nSPS) is 19.1. The van der Waals surface area contributed by atoms with E-state index in [0.717, 1.165) is 25.9 Å². The third kappa shape index (κ3) is 3.57. The molecule has 1 fully saturated rings. The molecule has 2 heterocycles. The van der Waals surface area contributed by atoms with Gasteiger partial charge in [0.25, 0.3) is 0 Å². The summed E-state index contributed by atoms with van der Waals surface area (Å²) in [5.41, 5.74) is 7.22. The minimum atomic E-state index is 0.711. The van der Waals surface area contributed by atoms with Crippen molar-refractivity contribution in [2.45, 2.75) is 25.8 Å². The topological polar surface area (TPSA) is 6.48 Å². The lowest BCUT2D eigenvalue weighted by molar-refractivity contribution is 0.318. The van der Waals surface area contributed by atoms with E-state index in [1.54, 1.807) is 0 Å². The number of nitrogens with zero attached hydrogens (tertiary/aromatic N) is 2. The summed E-state index contributed by atoms with van der Waals surface area (Å²) in [6, 6.07) is 28.9. The largest absolute Gasteiger partial charge is 0.341 e. The summed E-state index contributed by atoms with van der Waals surface area (Å²) in [4.78, 5) is 5.23. The van der Waals surface area contributed by atoms with Crippen LogP contribution in [0.25, 0.3) is 0 Å². The van der Waals surface area contributed by atoms with Gasteiger partial charge in [-0.15, -0.1) is 0 Å². The number of hydrogen-bond donors (Lipinski definition) is 0. The summed E-state index contributed by atoms with van der Waals surface area (Å²) < 4.78 is 0. The van der Waals surface area contributed by atoms with Crippen molar-refractivity contribution in [2.75, 3.05) is 24.5 Å². The molecule has 0 aromatic heterocycles. The highest BCUT2D eigenvalue weighted by Crippen LogP contribution is 2.37. The molecule has 2 aliphatic heterocycles. The van der Waals surface area contributed by atoms with Gasteiger partial charge in [0.1, 0.15) is 0 Å². The van der Waals surface area contributed by atoms with Gasteiger partial charge in [-0.25, -0.2) is 0 Å². The van der Waals surface area contributed by atoms with Crippen LogP contribution in [0.4, 0.5) is 11.4 Å². The summed E-state index contributed by atoms with van der Waals surface area (Å²) in [6.07, 6.45) is 3.55. The van der Waals surface area contributed by atoms with Crippen LogP contribution in [0.1, 0.15) is 23.1 Å². The predicted octanol–water partition coefficient (Wildman–Crippen LogP) is 5.45. The second-order valence-corrected chi connectivity index (χ2v) is 8.24.